The number of para-hydroxylation sites is 4. The average molecular weight is 774 g/mol. The van der Waals surface area contributed by atoms with E-state index in [9.17, 15) is 29.7 Å². The number of nitrogens with zero attached hydrogens (tertiary/aromatic N) is 4. The number of halogens is 3. The number of nitro groups is 2. The van der Waals surface area contributed by atoms with Crippen molar-refractivity contribution >= 4 is 34.6 Å². The Kier molecular flexibility index (Phi) is 15.2. The van der Waals surface area contributed by atoms with Gasteiger partial charge >= 0.3 is 11.4 Å². The maximum Gasteiger partial charge on any atom is 0.329 e. The predicted octanol–water partition coefficient (Wildman–Crippen LogP) is 8.08. The summed E-state index contributed by atoms with van der Waals surface area (Å²) in [7, 11) is 0. The lowest BCUT2D eigenvalue weighted by atomic mass is 10.1. The van der Waals surface area contributed by atoms with E-state index >= 15 is 0 Å². The molecule has 0 radical (unpaired) electrons. The van der Waals surface area contributed by atoms with E-state index in [2.05, 4.69) is 9.80 Å². The quantitative estimate of drug-likeness (QED) is 0.111. The van der Waals surface area contributed by atoms with E-state index in [0.29, 0.717) is 19.8 Å². The molecule has 2 atom stereocenters. The monoisotopic (exact) mass is 772 g/mol. The summed E-state index contributed by atoms with van der Waals surface area (Å²) in [6.07, 6.45) is 1.64. The molecular formula is C38H43Cl2FN4O8. The van der Waals surface area contributed by atoms with E-state index < -0.39 is 32.6 Å². The van der Waals surface area contributed by atoms with Crippen LogP contribution in [0.1, 0.15) is 26.7 Å². The largest absolute Gasteiger partial charge is 0.492 e. The molecule has 4 aromatic carbocycles. The Bertz CT molecular complexity index is 1770. The Morgan fingerprint density at radius 3 is 1.68 bits per heavy atom. The number of hydrogen-bond acceptors (Lipinski definition) is 10. The van der Waals surface area contributed by atoms with Gasteiger partial charge in [-0.1, -0.05) is 71.7 Å². The maximum absolute atomic E-state index is 12.6. The minimum atomic E-state index is -0.914. The zero-order chi connectivity index (χ0) is 38.4. The third-order valence-corrected chi connectivity index (χ3v) is 9.10. The van der Waals surface area contributed by atoms with Crippen LogP contribution in [0.2, 0.25) is 10.0 Å². The van der Waals surface area contributed by atoms with Gasteiger partial charge in [0.1, 0.15) is 40.4 Å². The van der Waals surface area contributed by atoms with Crippen molar-refractivity contribution in [2.45, 2.75) is 37.9 Å². The molecule has 2 aliphatic rings. The summed E-state index contributed by atoms with van der Waals surface area (Å²) in [5.41, 5.74) is -1.86. The zero-order valence-corrected chi connectivity index (χ0v) is 31.0. The molecule has 0 spiro atoms. The Morgan fingerprint density at radius 1 is 0.717 bits per heavy atom. The highest BCUT2D eigenvalue weighted by atomic mass is 35.5. The fourth-order valence-corrected chi connectivity index (χ4v) is 6.30. The summed E-state index contributed by atoms with van der Waals surface area (Å²) < 4.78 is 29.9. The Hall–Kier alpha value is -4.53. The summed E-state index contributed by atoms with van der Waals surface area (Å²) in [5, 5.41) is 31.1. The fraction of sp³-hybridized carbons (Fsp3) is 0.368. The van der Waals surface area contributed by atoms with E-state index in [4.69, 9.17) is 37.4 Å². The SMILES string of the molecule is CC1(O)CCN(CCOc2ccccc2)C1.CC1(Oc2cccc(Cl)c2[N+](=O)[O-])CCN(CCOc2ccccc2)C1.O=[N+]([O-])c1c(F)cccc1Cl. The first-order chi connectivity index (χ1) is 25.2. The number of aliphatic hydroxyl groups is 1. The molecular weight excluding hydrogens is 730 g/mol. The molecule has 0 amide bonds. The van der Waals surface area contributed by atoms with Crippen LogP contribution < -0.4 is 14.2 Å². The van der Waals surface area contributed by atoms with Crippen LogP contribution in [0.4, 0.5) is 15.8 Å². The maximum atomic E-state index is 12.6. The van der Waals surface area contributed by atoms with Crippen LogP contribution in [0, 0.1) is 26.0 Å². The molecule has 2 aliphatic heterocycles. The van der Waals surface area contributed by atoms with E-state index in [1.807, 2.05) is 74.5 Å². The molecule has 2 saturated heterocycles. The van der Waals surface area contributed by atoms with Gasteiger partial charge in [0.15, 0.2) is 5.75 Å². The first-order valence-corrected chi connectivity index (χ1v) is 17.7. The van der Waals surface area contributed by atoms with Crippen molar-refractivity contribution in [1.82, 2.24) is 9.80 Å². The molecule has 0 aliphatic carbocycles. The highest BCUT2D eigenvalue weighted by Gasteiger charge is 2.37. The molecule has 2 unspecified atom stereocenters. The lowest BCUT2D eigenvalue weighted by Crippen LogP contribution is -2.37. The Morgan fingerprint density at radius 2 is 1.21 bits per heavy atom. The molecule has 284 valence electrons. The van der Waals surface area contributed by atoms with Crippen molar-refractivity contribution < 1.29 is 33.6 Å². The number of nitro benzene ring substituents is 2. The van der Waals surface area contributed by atoms with E-state index in [1.54, 1.807) is 12.1 Å². The van der Waals surface area contributed by atoms with Gasteiger partial charge in [0.2, 0.25) is 5.82 Å². The van der Waals surface area contributed by atoms with Crippen LogP contribution in [0.25, 0.3) is 0 Å². The molecule has 53 heavy (non-hydrogen) atoms. The molecule has 2 heterocycles. The van der Waals surface area contributed by atoms with Crippen LogP contribution in [-0.2, 0) is 0 Å². The van der Waals surface area contributed by atoms with E-state index in [1.165, 1.54) is 18.2 Å². The summed E-state index contributed by atoms with van der Waals surface area (Å²) in [5.74, 6) is 1.06. The van der Waals surface area contributed by atoms with E-state index in [0.717, 1.165) is 63.1 Å². The highest BCUT2D eigenvalue weighted by molar-refractivity contribution is 6.33. The lowest BCUT2D eigenvalue weighted by molar-refractivity contribution is -0.387. The second kappa shape index (κ2) is 19.5. The molecule has 0 bridgehead atoms. The van der Waals surface area contributed by atoms with Crippen molar-refractivity contribution in [2.24, 2.45) is 0 Å². The zero-order valence-electron chi connectivity index (χ0n) is 29.5. The van der Waals surface area contributed by atoms with Crippen LogP contribution in [0.15, 0.2) is 97.1 Å². The first kappa shape index (κ1) is 41.2. The van der Waals surface area contributed by atoms with Crippen molar-refractivity contribution in [3.63, 3.8) is 0 Å². The summed E-state index contributed by atoms with van der Waals surface area (Å²) in [6, 6.07) is 27.8. The highest BCUT2D eigenvalue weighted by Crippen LogP contribution is 2.38. The molecule has 4 aromatic rings. The normalized spacial score (nSPS) is 19.7. The van der Waals surface area contributed by atoms with Gasteiger partial charge in [0, 0.05) is 45.7 Å². The number of rotatable bonds is 12. The van der Waals surface area contributed by atoms with Gasteiger partial charge < -0.3 is 19.3 Å². The van der Waals surface area contributed by atoms with Crippen molar-refractivity contribution in [1.29, 1.82) is 0 Å². The second-order valence-corrected chi connectivity index (χ2v) is 13.9. The molecule has 0 saturated carbocycles. The smallest absolute Gasteiger partial charge is 0.329 e. The van der Waals surface area contributed by atoms with Gasteiger partial charge in [-0.05, 0) is 68.8 Å². The number of hydrogen-bond donors (Lipinski definition) is 1. The number of likely N-dealkylation sites (tertiary alicyclic amines) is 2. The fourth-order valence-electron chi connectivity index (χ4n) is 5.83. The van der Waals surface area contributed by atoms with Crippen LogP contribution >= 0.6 is 23.2 Å². The topological polar surface area (TPSA) is 141 Å². The van der Waals surface area contributed by atoms with Crippen molar-refractivity contribution in [2.75, 3.05) is 52.5 Å². The van der Waals surface area contributed by atoms with Crippen LogP contribution in [0.5, 0.6) is 17.2 Å². The van der Waals surface area contributed by atoms with Crippen molar-refractivity contribution in [3.05, 3.63) is 133 Å². The molecule has 0 aromatic heterocycles. The predicted molar refractivity (Wildman–Crippen MR) is 202 cm³/mol. The second-order valence-electron chi connectivity index (χ2n) is 13.1. The number of ether oxygens (including phenoxy) is 3. The van der Waals surface area contributed by atoms with Gasteiger partial charge in [-0.15, -0.1) is 0 Å². The minimum absolute atomic E-state index is 0.0854. The number of β-amino-alcohol motifs (C(OH)–C–C–N with tert-alkyl or cyclic N) is 1. The number of benzene rings is 4. The lowest BCUT2D eigenvalue weighted by Gasteiger charge is -2.26. The van der Waals surface area contributed by atoms with Gasteiger partial charge in [-0.3, -0.25) is 30.0 Å². The third-order valence-electron chi connectivity index (χ3n) is 8.49. The van der Waals surface area contributed by atoms with Crippen LogP contribution in [0.3, 0.4) is 0 Å². The summed E-state index contributed by atoms with van der Waals surface area (Å²) in [6.45, 7) is 10.0. The minimum Gasteiger partial charge on any atom is -0.492 e. The van der Waals surface area contributed by atoms with Crippen molar-refractivity contribution in [3.8, 4) is 17.2 Å². The van der Waals surface area contributed by atoms with Gasteiger partial charge in [0.05, 0.1) is 15.4 Å². The molecule has 2 fully saturated rings. The molecule has 12 nitrogen and oxygen atoms in total. The standard InChI is InChI=1S/C19H21ClN2O4.C13H19NO2.C6H3ClFNO2/c1-19(26-17-9-5-8-16(20)18(17)22(23)24)10-11-21(14-19)12-13-25-15-6-3-2-4-7-15;1-13(15)7-8-14(11-13)9-10-16-12-5-3-2-4-6-12;7-4-2-1-3-5(8)6(4)9(10)11/h2-9H,10-14H2,1H3;2-6,15H,7-11H2,1H3;1-3H. The Labute approximate surface area is 317 Å². The van der Waals surface area contributed by atoms with Crippen LogP contribution in [-0.4, -0.2) is 88.4 Å². The van der Waals surface area contributed by atoms with E-state index in [-0.39, 0.29) is 21.5 Å². The van der Waals surface area contributed by atoms with Gasteiger partial charge in [-0.25, -0.2) is 0 Å². The molecule has 1 N–H and O–H groups in total. The van der Waals surface area contributed by atoms with Gasteiger partial charge in [-0.2, -0.15) is 4.39 Å². The molecule has 15 heteroatoms. The summed E-state index contributed by atoms with van der Waals surface area (Å²) in [4.78, 5) is 24.5. The summed E-state index contributed by atoms with van der Waals surface area (Å²) >= 11 is 11.3. The third kappa shape index (κ3) is 13.1. The Balaban J connectivity index is 0.000000197. The average Bonchev–Trinajstić information content (AvgIpc) is 3.66. The van der Waals surface area contributed by atoms with Gasteiger partial charge in [0.25, 0.3) is 0 Å². The first-order valence-electron chi connectivity index (χ1n) is 17.0. The molecule has 6 rings (SSSR count).